The molecule has 0 saturated carbocycles. The van der Waals surface area contributed by atoms with Gasteiger partial charge in [-0.1, -0.05) is 11.6 Å². The Kier molecular flexibility index (Phi) is 6.43. The van der Waals surface area contributed by atoms with E-state index in [0.29, 0.717) is 28.9 Å². The van der Waals surface area contributed by atoms with Crippen LogP contribution in [0.4, 0.5) is 17.5 Å². The third-order valence-corrected chi connectivity index (χ3v) is 6.40. The van der Waals surface area contributed by atoms with E-state index in [-0.39, 0.29) is 23.8 Å². The van der Waals surface area contributed by atoms with E-state index in [0.717, 1.165) is 24.0 Å². The van der Waals surface area contributed by atoms with E-state index >= 15 is 0 Å². The fraction of sp³-hybridized carbons (Fsp3) is 0.240. The van der Waals surface area contributed by atoms with E-state index < -0.39 is 0 Å². The van der Waals surface area contributed by atoms with Crippen LogP contribution in [0, 0.1) is 0 Å². The van der Waals surface area contributed by atoms with E-state index in [2.05, 4.69) is 30.5 Å². The number of halogens is 1. The quantitative estimate of drug-likeness (QED) is 0.411. The van der Waals surface area contributed by atoms with Crippen molar-refractivity contribution in [2.75, 3.05) is 30.4 Å². The summed E-state index contributed by atoms with van der Waals surface area (Å²) in [5, 5.41) is 6.87. The van der Waals surface area contributed by atoms with Gasteiger partial charge in [-0.25, -0.2) is 4.98 Å². The first kappa shape index (κ1) is 23.6. The van der Waals surface area contributed by atoms with Crippen molar-refractivity contribution in [3.05, 3.63) is 75.4 Å². The third kappa shape index (κ3) is 4.67. The maximum absolute atomic E-state index is 12.6. The van der Waals surface area contributed by atoms with Crippen LogP contribution in [0.5, 0.6) is 5.75 Å². The molecule has 1 amide bonds. The minimum atomic E-state index is -0.325. The molecule has 11 heteroatoms. The summed E-state index contributed by atoms with van der Waals surface area (Å²) in [6.07, 6.45) is 6.16. The lowest BCUT2D eigenvalue weighted by Gasteiger charge is -2.28. The second kappa shape index (κ2) is 9.82. The van der Waals surface area contributed by atoms with Gasteiger partial charge in [0.2, 0.25) is 5.95 Å². The van der Waals surface area contributed by atoms with Gasteiger partial charge in [0.25, 0.3) is 11.5 Å². The highest BCUT2D eigenvalue weighted by molar-refractivity contribution is 6.32. The van der Waals surface area contributed by atoms with Crippen LogP contribution in [0.1, 0.15) is 11.1 Å². The van der Waals surface area contributed by atoms with Crippen LogP contribution in [0.25, 0.3) is 10.9 Å². The lowest BCUT2D eigenvalue weighted by Crippen LogP contribution is -2.31. The molecule has 10 nitrogen and oxygen atoms in total. The SMILES string of the molecule is CNC(=O)COc1cc2cc(Nc3nc(N4CCc5cnccc5C4)ncc3Cl)ccc2n(C)c1=O. The zero-order valence-electron chi connectivity index (χ0n) is 19.8. The normalized spacial score (nSPS) is 12.8. The second-order valence-electron chi connectivity index (χ2n) is 8.42. The van der Waals surface area contributed by atoms with Crippen molar-refractivity contribution in [1.29, 1.82) is 0 Å². The number of anilines is 3. The highest BCUT2D eigenvalue weighted by Gasteiger charge is 2.20. The van der Waals surface area contributed by atoms with Crippen LogP contribution in [-0.2, 0) is 24.8 Å². The number of likely N-dealkylation sites (N-methyl/N-ethyl adjacent to an activating group) is 1. The number of ether oxygens (including phenoxy) is 1. The molecule has 1 aromatic carbocycles. The first-order valence-electron chi connectivity index (χ1n) is 11.4. The number of rotatable bonds is 6. The smallest absolute Gasteiger partial charge is 0.293 e. The van der Waals surface area contributed by atoms with Crippen molar-refractivity contribution in [2.45, 2.75) is 13.0 Å². The lowest BCUT2D eigenvalue weighted by atomic mass is 10.0. The Hall–Kier alpha value is -4.18. The molecule has 4 heterocycles. The summed E-state index contributed by atoms with van der Waals surface area (Å²) >= 11 is 6.42. The molecule has 1 aliphatic rings. The van der Waals surface area contributed by atoms with E-state index in [1.165, 1.54) is 22.7 Å². The van der Waals surface area contributed by atoms with Gasteiger partial charge in [0.05, 0.1) is 11.7 Å². The summed E-state index contributed by atoms with van der Waals surface area (Å²) in [5.41, 5.74) is 3.56. The van der Waals surface area contributed by atoms with Crippen LogP contribution in [0.2, 0.25) is 5.02 Å². The van der Waals surface area contributed by atoms with Crippen molar-refractivity contribution in [3.63, 3.8) is 0 Å². The number of amides is 1. The monoisotopic (exact) mass is 505 g/mol. The fourth-order valence-corrected chi connectivity index (χ4v) is 4.27. The molecular formula is C25H24ClN7O3. The van der Waals surface area contributed by atoms with E-state index in [4.69, 9.17) is 16.3 Å². The van der Waals surface area contributed by atoms with Crippen LogP contribution < -0.4 is 25.8 Å². The predicted octanol–water partition coefficient (Wildman–Crippen LogP) is 2.81. The number of benzene rings is 1. The summed E-state index contributed by atoms with van der Waals surface area (Å²) < 4.78 is 6.93. The Bertz CT molecular complexity index is 1520. The Morgan fingerprint density at radius 1 is 1.19 bits per heavy atom. The van der Waals surface area contributed by atoms with Crippen LogP contribution in [0.3, 0.4) is 0 Å². The van der Waals surface area contributed by atoms with Crippen molar-refractivity contribution in [2.24, 2.45) is 7.05 Å². The van der Waals surface area contributed by atoms with Gasteiger partial charge < -0.3 is 24.8 Å². The molecule has 0 unspecified atom stereocenters. The molecule has 0 saturated heterocycles. The molecular weight excluding hydrogens is 482 g/mol. The number of fused-ring (bicyclic) bond motifs is 2. The number of nitrogens with zero attached hydrogens (tertiary/aromatic N) is 5. The Balaban J connectivity index is 1.41. The molecule has 1 aliphatic heterocycles. The summed E-state index contributed by atoms with van der Waals surface area (Å²) in [4.78, 5) is 39.6. The average Bonchev–Trinajstić information content (AvgIpc) is 2.90. The molecule has 3 aromatic heterocycles. The molecule has 36 heavy (non-hydrogen) atoms. The van der Waals surface area contributed by atoms with E-state index in [1.54, 1.807) is 25.5 Å². The molecule has 0 aliphatic carbocycles. The minimum absolute atomic E-state index is 0.0914. The van der Waals surface area contributed by atoms with Gasteiger partial charge in [-0.2, -0.15) is 4.98 Å². The van der Waals surface area contributed by atoms with E-state index in [9.17, 15) is 9.59 Å². The number of pyridine rings is 2. The molecule has 0 fully saturated rings. The molecule has 0 radical (unpaired) electrons. The number of aryl methyl sites for hydroxylation is 1. The summed E-state index contributed by atoms with van der Waals surface area (Å²) in [6, 6.07) is 9.18. The molecule has 5 rings (SSSR count). The topological polar surface area (TPSA) is 114 Å². The van der Waals surface area contributed by atoms with Gasteiger partial charge in [0.15, 0.2) is 18.2 Å². The van der Waals surface area contributed by atoms with Gasteiger partial charge in [-0.3, -0.25) is 14.6 Å². The van der Waals surface area contributed by atoms with Crippen molar-refractivity contribution < 1.29 is 9.53 Å². The maximum Gasteiger partial charge on any atom is 0.293 e. The predicted molar refractivity (Wildman–Crippen MR) is 138 cm³/mol. The van der Waals surface area contributed by atoms with E-state index in [1.807, 2.05) is 30.5 Å². The number of hydrogen-bond acceptors (Lipinski definition) is 8. The molecule has 184 valence electrons. The van der Waals surface area contributed by atoms with Gasteiger partial charge in [-0.15, -0.1) is 0 Å². The number of carbonyl (C=O) groups excluding carboxylic acids is 1. The number of carbonyl (C=O) groups is 1. The fourth-order valence-electron chi connectivity index (χ4n) is 4.13. The second-order valence-corrected chi connectivity index (χ2v) is 8.82. The molecule has 4 aromatic rings. The summed E-state index contributed by atoms with van der Waals surface area (Å²) in [7, 11) is 3.17. The van der Waals surface area contributed by atoms with Crippen molar-refractivity contribution >= 4 is 45.9 Å². The number of hydrogen-bond donors (Lipinski definition) is 2. The molecule has 0 bridgehead atoms. The highest BCUT2D eigenvalue weighted by atomic mass is 35.5. The lowest BCUT2D eigenvalue weighted by molar-refractivity contribution is -0.122. The van der Waals surface area contributed by atoms with Crippen LogP contribution in [0.15, 0.2) is 53.7 Å². The maximum atomic E-state index is 12.6. The average molecular weight is 506 g/mol. The molecule has 0 atom stereocenters. The van der Waals surface area contributed by atoms with Gasteiger partial charge in [0.1, 0.15) is 5.02 Å². The molecule has 2 N–H and O–H groups in total. The first-order valence-corrected chi connectivity index (χ1v) is 11.7. The highest BCUT2D eigenvalue weighted by Crippen LogP contribution is 2.29. The third-order valence-electron chi connectivity index (χ3n) is 6.12. The van der Waals surface area contributed by atoms with Gasteiger partial charge >= 0.3 is 0 Å². The Morgan fingerprint density at radius 2 is 2.06 bits per heavy atom. The Morgan fingerprint density at radius 3 is 2.89 bits per heavy atom. The standard InChI is InChI=1S/C25H24ClN7O3/c1-27-22(34)14-36-21-10-17-9-18(3-4-20(17)32(2)24(21)35)30-23-19(26)12-29-25(31-23)33-8-6-15-11-28-7-5-16(15)13-33/h3-5,7,9-12H,6,8,13-14H2,1-2H3,(H,27,34)(H,29,30,31). The number of aromatic nitrogens is 4. The first-order chi connectivity index (χ1) is 17.4. The van der Waals surface area contributed by atoms with Crippen molar-refractivity contribution in [3.8, 4) is 5.75 Å². The number of nitrogens with one attached hydrogen (secondary N) is 2. The largest absolute Gasteiger partial charge is 0.478 e. The summed E-state index contributed by atoms with van der Waals surface area (Å²) in [6.45, 7) is 1.23. The van der Waals surface area contributed by atoms with Gasteiger partial charge in [0, 0.05) is 50.7 Å². The zero-order valence-corrected chi connectivity index (χ0v) is 20.5. The molecule has 0 spiro atoms. The zero-order chi connectivity index (χ0) is 25.2. The van der Waals surface area contributed by atoms with Crippen molar-refractivity contribution in [1.82, 2.24) is 24.8 Å². The van der Waals surface area contributed by atoms with Crippen LogP contribution >= 0.6 is 11.6 Å². The summed E-state index contributed by atoms with van der Waals surface area (Å²) in [5.74, 6) is 0.823. The van der Waals surface area contributed by atoms with Crippen LogP contribution in [-0.4, -0.2) is 45.6 Å². The minimum Gasteiger partial charge on any atom is -0.478 e. The Labute approximate surface area is 211 Å². The van der Waals surface area contributed by atoms with Gasteiger partial charge in [-0.05, 0) is 47.9 Å².